The maximum Gasteiger partial charge on any atom is 0.211 e. The van der Waals surface area contributed by atoms with E-state index in [-0.39, 0.29) is 0 Å². The fourth-order valence-corrected chi connectivity index (χ4v) is 4.99. The predicted octanol–water partition coefficient (Wildman–Crippen LogP) is 3.87. The highest BCUT2D eigenvalue weighted by atomic mass is 16.5. The van der Waals surface area contributed by atoms with Crippen molar-refractivity contribution in [2.45, 2.75) is 38.1 Å². The van der Waals surface area contributed by atoms with Crippen molar-refractivity contribution in [3.63, 3.8) is 0 Å². The number of hydrogen-bond acceptors (Lipinski definition) is 6. The van der Waals surface area contributed by atoms with Crippen molar-refractivity contribution in [1.29, 1.82) is 0 Å². The minimum absolute atomic E-state index is 0.703. The first-order valence-electron chi connectivity index (χ1n) is 11.3. The van der Waals surface area contributed by atoms with Crippen molar-refractivity contribution in [2.24, 2.45) is 0 Å². The number of aromatic nitrogens is 3. The Kier molecular flexibility index (Phi) is 5.68. The van der Waals surface area contributed by atoms with E-state index in [0.29, 0.717) is 17.5 Å². The molecule has 2 saturated heterocycles. The highest BCUT2D eigenvalue weighted by molar-refractivity contribution is 5.69. The van der Waals surface area contributed by atoms with Crippen molar-refractivity contribution >= 4 is 11.6 Å². The molecule has 3 aromatic rings. The van der Waals surface area contributed by atoms with Crippen LogP contribution in [0.1, 0.15) is 32.1 Å². The van der Waals surface area contributed by atoms with E-state index in [9.17, 15) is 0 Å². The SMILES string of the molecule is COc1ccc(-c2cc3nccn3c(N3CCC(N4CCCCC4)CC3)n2)cc1OC. The lowest BCUT2D eigenvalue weighted by molar-refractivity contribution is 0.141. The Balaban J connectivity index is 1.43. The number of rotatable bonds is 5. The lowest BCUT2D eigenvalue weighted by atomic mass is 10.00. The monoisotopic (exact) mass is 421 g/mol. The van der Waals surface area contributed by atoms with Gasteiger partial charge in [-0.3, -0.25) is 4.40 Å². The first-order chi connectivity index (χ1) is 15.3. The molecular formula is C24H31N5O2. The highest BCUT2D eigenvalue weighted by Gasteiger charge is 2.27. The minimum atomic E-state index is 0.703. The fraction of sp³-hybridized carbons (Fsp3) is 0.500. The second kappa shape index (κ2) is 8.75. The standard InChI is InChI=1S/C24H31N5O2/c1-30-21-7-6-18(16-22(21)31-2)20-17-23-25-10-15-29(23)24(26-20)28-13-8-19(9-14-28)27-11-4-3-5-12-27/h6-7,10,15-17,19H,3-5,8-9,11-14H2,1-2H3. The summed E-state index contributed by atoms with van der Waals surface area (Å²) < 4.78 is 13.0. The van der Waals surface area contributed by atoms with Crippen LogP contribution in [0.5, 0.6) is 11.5 Å². The van der Waals surface area contributed by atoms with Gasteiger partial charge in [-0.1, -0.05) is 6.42 Å². The van der Waals surface area contributed by atoms with Gasteiger partial charge < -0.3 is 19.3 Å². The van der Waals surface area contributed by atoms with E-state index in [1.54, 1.807) is 14.2 Å². The summed E-state index contributed by atoms with van der Waals surface area (Å²) in [6.45, 7) is 4.58. The zero-order valence-electron chi connectivity index (χ0n) is 18.5. The zero-order valence-corrected chi connectivity index (χ0v) is 18.5. The smallest absolute Gasteiger partial charge is 0.211 e. The zero-order chi connectivity index (χ0) is 21.2. The van der Waals surface area contributed by atoms with E-state index in [2.05, 4.69) is 19.2 Å². The normalized spacial score (nSPS) is 18.5. The molecule has 0 aliphatic carbocycles. The quantitative estimate of drug-likeness (QED) is 0.623. The molecule has 2 aliphatic heterocycles. The topological polar surface area (TPSA) is 55.1 Å². The number of piperidine rings is 2. The second-order valence-electron chi connectivity index (χ2n) is 8.48. The molecule has 2 aromatic heterocycles. The largest absolute Gasteiger partial charge is 0.493 e. The lowest BCUT2D eigenvalue weighted by Gasteiger charge is -2.40. The predicted molar refractivity (Wildman–Crippen MR) is 122 cm³/mol. The molecule has 31 heavy (non-hydrogen) atoms. The molecule has 1 aromatic carbocycles. The van der Waals surface area contributed by atoms with Gasteiger partial charge >= 0.3 is 0 Å². The highest BCUT2D eigenvalue weighted by Crippen LogP contribution is 2.33. The van der Waals surface area contributed by atoms with Crippen LogP contribution in [0, 0.1) is 0 Å². The van der Waals surface area contributed by atoms with Gasteiger partial charge in [-0.25, -0.2) is 9.97 Å². The van der Waals surface area contributed by atoms with Crippen molar-refractivity contribution in [1.82, 2.24) is 19.3 Å². The third-order valence-electron chi connectivity index (χ3n) is 6.70. The van der Waals surface area contributed by atoms with Gasteiger partial charge in [-0.2, -0.15) is 0 Å². The molecule has 164 valence electrons. The number of ether oxygens (including phenoxy) is 2. The average molecular weight is 422 g/mol. The molecule has 5 rings (SSSR count). The summed E-state index contributed by atoms with van der Waals surface area (Å²) in [5, 5.41) is 0. The van der Waals surface area contributed by atoms with Crippen molar-refractivity contribution in [2.75, 3.05) is 45.3 Å². The maximum atomic E-state index is 5.50. The summed E-state index contributed by atoms with van der Waals surface area (Å²) in [5.41, 5.74) is 2.80. The molecular weight excluding hydrogens is 390 g/mol. The third-order valence-corrected chi connectivity index (χ3v) is 6.70. The molecule has 7 heteroatoms. The Labute approximate surface area is 183 Å². The van der Waals surface area contributed by atoms with E-state index in [4.69, 9.17) is 14.5 Å². The van der Waals surface area contributed by atoms with Gasteiger partial charge in [0.15, 0.2) is 11.5 Å². The first kappa shape index (κ1) is 20.1. The molecule has 0 saturated carbocycles. The van der Waals surface area contributed by atoms with Crippen LogP contribution in [-0.2, 0) is 0 Å². The van der Waals surface area contributed by atoms with Crippen LogP contribution in [-0.4, -0.2) is 65.7 Å². The van der Waals surface area contributed by atoms with E-state index < -0.39 is 0 Å². The van der Waals surface area contributed by atoms with E-state index in [1.165, 1.54) is 45.2 Å². The van der Waals surface area contributed by atoms with Crippen LogP contribution in [0.3, 0.4) is 0 Å². The molecule has 0 atom stereocenters. The lowest BCUT2D eigenvalue weighted by Crippen LogP contribution is -2.47. The number of anilines is 1. The molecule has 0 bridgehead atoms. The number of nitrogens with zero attached hydrogens (tertiary/aromatic N) is 5. The summed E-state index contributed by atoms with van der Waals surface area (Å²) in [5.74, 6) is 2.39. The summed E-state index contributed by atoms with van der Waals surface area (Å²) in [6, 6.07) is 8.67. The third kappa shape index (κ3) is 3.94. The van der Waals surface area contributed by atoms with Crippen LogP contribution in [0.2, 0.25) is 0 Å². The minimum Gasteiger partial charge on any atom is -0.493 e. The first-order valence-corrected chi connectivity index (χ1v) is 11.3. The number of fused-ring (bicyclic) bond motifs is 1. The maximum absolute atomic E-state index is 5.50. The van der Waals surface area contributed by atoms with E-state index >= 15 is 0 Å². The Morgan fingerprint density at radius 1 is 0.903 bits per heavy atom. The summed E-state index contributed by atoms with van der Waals surface area (Å²) >= 11 is 0. The fourth-order valence-electron chi connectivity index (χ4n) is 4.99. The number of hydrogen-bond donors (Lipinski definition) is 0. The molecule has 0 radical (unpaired) electrons. The molecule has 2 aliphatic rings. The molecule has 0 unspecified atom stereocenters. The number of likely N-dealkylation sites (tertiary alicyclic amines) is 1. The number of methoxy groups -OCH3 is 2. The molecule has 2 fully saturated rings. The van der Waals surface area contributed by atoms with Crippen molar-refractivity contribution in [3.8, 4) is 22.8 Å². The van der Waals surface area contributed by atoms with Gasteiger partial charge in [0, 0.05) is 43.2 Å². The second-order valence-corrected chi connectivity index (χ2v) is 8.48. The summed E-state index contributed by atoms with van der Waals surface area (Å²) in [7, 11) is 3.31. The van der Waals surface area contributed by atoms with E-state index in [1.807, 2.05) is 36.7 Å². The number of benzene rings is 1. The van der Waals surface area contributed by atoms with Crippen LogP contribution in [0.15, 0.2) is 36.7 Å². The van der Waals surface area contributed by atoms with E-state index in [0.717, 1.165) is 35.9 Å². The van der Waals surface area contributed by atoms with Crippen molar-refractivity contribution in [3.05, 3.63) is 36.7 Å². The van der Waals surface area contributed by atoms with Crippen LogP contribution < -0.4 is 14.4 Å². The van der Waals surface area contributed by atoms with Gasteiger partial charge in [0.1, 0.15) is 5.65 Å². The summed E-state index contributed by atoms with van der Waals surface area (Å²) in [6.07, 6.45) is 10.3. The Morgan fingerprint density at radius 2 is 1.68 bits per heavy atom. The van der Waals surface area contributed by atoms with Crippen molar-refractivity contribution < 1.29 is 9.47 Å². The van der Waals surface area contributed by atoms with Gasteiger partial charge in [-0.05, 0) is 57.0 Å². The molecule has 4 heterocycles. The summed E-state index contributed by atoms with van der Waals surface area (Å²) in [4.78, 5) is 14.8. The van der Waals surface area contributed by atoms with Gasteiger partial charge in [0.25, 0.3) is 0 Å². The van der Waals surface area contributed by atoms with Crippen LogP contribution >= 0.6 is 0 Å². The van der Waals surface area contributed by atoms with Crippen LogP contribution in [0.25, 0.3) is 16.9 Å². The van der Waals surface area contributed by atoms with Gasteiger partial charge in [-0.15, -0.1) is 0 Å². The van der Waals surface area contributed by atoms with Crippen LogP contribution in [0.4, 0.5) is 5.95 Å². The Morgan fingerprint density at radius 3 is 2.42 bits per heavy atom. The molecule has 7 nitrogen and oxygen atoms in total. The molecule has 0 spiro atoms. The average Bonchev–Trinajstić information content (AvgIpc) is 3.32. The van der Waals surface area contributed by atoms with Gasteiger partial charge in [0.05, 0.1) is 19.9 Å². The molecule has 0 amide bonds. The Hall–Kier alpha value is -2.80. The number of imidazole rings is 1. The Bertz CT molecular complexity index is 1040. The van der Waals surface area contributed by atoms with Gasteiger partial charge in [0.2, 0.25) is 5.95 Å². The molecule has 0 N–H and O–H groups in total.